The van der Waals surface area contributed by atoms with Gasteiger partial charge in [0.25, 0.3) is 0 Å². The Morgan fingerprint density at radius 1 is 1.67 bits per heavy atom. The van der Waals surface area contributed by atoms with E-state index in [-0.39, 0.29) is 5.54 Å². The van der Waals surface area contributed by atoms with Crippen molar-refractivity contribution in [1.29, 1.82) is 0 Å². The van der Waals surface area contributed by atoms with Crippen LogP contribution in [0, 0.1) is 0 Å². The molecule has 2 N–H and O–H groups in total. The molecule has 1 aliphatic rings. The van der Waals surface area contributed by atoms with Crippen LogP contribution in [0.2, 0.25) is 0 Å². The predicted molar refractivity (Wildman–Crippen MR) is 40.2 cm³/mol. The van der Waals surface area contributed by atoms with E-state index in [1.54, 1.807) is 0 Å². The van der Waals surface area contributed by atoms with E-state index in [4.69, 9.17) is 5.73 Å². The average molecular weight is 125 g/mol. The lowest BCUT2D eigenvalue weighted by atomic mass is 9.86. The fraction of sp³-hybridized carbons (Fsp3) is 0.750. The first-order valence-corrected chi connectivity index (χ1v) is 3.55. The first-order chi connectivity index (χ1) is 4.10. The summed E-state index contributed by atoms with van der Waals surface area (Å²) in [6.07, 6.45) is 5.64. The number of hydrogen-bond acceptors (Lipinski definition) is 1. The van der Waals surface area contributed by atoms with Crippen molar-refractivity contribution in [1.82, 2.24) is 0 Å². The standard InChI is InChI=1S/C8H15N/c1-7-3-5-8(2,9)6-4-7/h3H,4-6,9H2,1-2H3. The van der Waals surface area contributed by atoms with E-state index >= 15 is 0 Å². The van der Waals surface area contributed by atoms with Crippen LogP contribution in [0.1, 0.15) is 33.1 Å². The SMILES string of the molecule is CC1=CCC(C)(N)CC1. The van der Waals surface area contributed by atoms with Gasteiger partial charge in [-0.3, -0.25) is 0 Å². The van der Waals surface area contributed by atoms with Gasteiger partial charge in [-0.25, -0.2) is 0 Å². The molecule has 0 saturated heterocycles. The van der Waals surface area contributed by atoms with Crippen LogP contribution < -0.4 is 5.73 Å². The average Bonchev–Trinajstić information content (AvgIpc) is 1.78. The van der Waals surface area contributed by atoms with Gasteiger partial charge in [-0.2, -0.15) is 0 Å². The van der Waals surface area contributed by atoms with Crippen LogP contribution >= 0.6 is 0 Å². The fourth-order valence-corrected chi connectivity index (χ4v) is 1.09. The third-order valence-corrected chi connectivity index (χ3v) is 2.01. The molecule has 1 atom stereocenters. The second-order valence-corrected chi connectivity index (χ2v) is 3.41. The van der Waals surface area contributed by atoms with Gasteiger partial charge in [0.1, 0.15) is 0 Å². The van der Waals surface area contributed by atoms with E-state index in [2.05, 4.69) is 19.9 Å². The lowest BCUT2D eigenvalue weighted by molar-refractivity contribution is 0.419. The Morgan fingerprint density at radius 2 is 2.33 bits per heavy atom. The summed E-state index contributed by atoms with van der Waals surface area (Å²) in [4.78, 5) is 0. The summed E-state index contributed by atoms with van der Waals surface area (Å²) in [5.74, 6) is 0. The molecule has 1 rings (SSSR count). The molecular formula is C8H15N. The molecule has 52 valence electrons. The Balaban J connectivity index is 2.56. The molecular weight excluding hydrogens is 110 g/mol. The van der Waals surface area contributed by atoms with Crippen molar-refractivity contribution in [2.75, 3.05) is 0 Å². The van der Waals surface area contributed by atoms with Crippen LogP contribution in [-0.4, -0.2) is 5.54 Å². The summed E-state index contributed by atoms with van der Waals surface area (Å²) < 4.78 is 0. The summed E-state index contributed by atoms with van der Waals surface area (Å²) in [6.45, 7) is 4.30. The van der Waals surface area contributed by atoms with Gasteiger partial charge >= 0.3 is 0 Å². The highest BCUT2D eigenvalue weighted by Crippen LogP contribution is 2.23. The zero-order chi connectivity index (χ0) is 6.91. The highest BCUT2D eigenvalue weighted by Gasteiger charge is 2.19. The third kappa shape index (κ3) is 1.83. The Morgan fingerprint density at radius 3 is 2.67 bits per heavy atom. The van der Waals surface area contributed by atoms with Gasteiger partial charge in [0, 0.05) is 5.54 Å². The maximum atomic E-state index is 5.90. The van der Waals surface area contributed by atoms with E-state index < -0.39 is 0 Å². The molecule has 0 radical (unpaired) electrons. The molecule has 0 aromatic carbocycles. The minimum Gasteiger partial charge on any atom is -0.325 e. The summed E-state index contributed by atoms with van der Waals surface area (Å²) in [5.41, 5.74) is 7.48. The zero-order valence-electron chi connectivity index (χ0n) is 6.28. The molecule has 1 unspecified atom stereocenters. The predicted octanol–water partition coefficient (Wildman–Crippen LogP) is 1.83. The first-order valence-electron chi connectivity index (χ1n) is 3.55. The normalized spacial score (nSPS) is 36.1. The largest absolute Gasteiger partial charge is 0.325 e. The Hall–Kier alpha value is -0.300. The highest BCUT2D eigenvalue weighted by atomic mass is 14.7. The van der Waals surface area contributed by atoms with Crippen LogP contribution in [0.25, 0.3) is 0 Å². The second kappa shape index (κ2) is 2.14. The van der Waals surface area contributed by atoms with Crippen LogP contribution in [0.5, 0.6) is 0 Å². The monoisotopic (exact) mass is 125 g/mol. The zero-order valence-corrected chi connectivity index (χ0v) is 6.28. The van der Waals surface area contributed by atoms with Crippen molar-refractivity contribution >= 4 is 0 Å². The molecule has 9 heavy (non-hydrogen) atoms. The quantitative estimate of drug-likeness (QED) is 0.491. The molecule has 1 heteroatoms. The van der Waals surface area contributed by atoms with Gasteiger partial charge in [0.15, 0.2) is 0 Å². The van der Waals surface area contributed by atoms with E-state index in [0.29, 0.717) is 0 Å². The molecule has 0 saturated carbocycles. The second-order valence-electron chi connectivity index (χ2n) is 3.41. The van der Waals surface area contributed by atoms with Gasteiger partial charge < -0.3 is 5.73 Å². The van der Waals surface area contributed by atoms with Gasteiger partial charge in [-0.05, 0) is 33.1 Å². The minimum absolute atomic E-state index is 0.0828. The van der Waals surface area contributed by atoms with E-state index in [9.17, 15) is 0 Å². The molecule has 0 spiro atoms. The number of nitrogens with two attached hydrogens (primary N) is 1. The Labute approximate surface area is 56.9 Å². The van der Waals surface area contributed by atoms with Crippen LogP contribution in [0.4, 0.5) is 0 Å². The van der Waals surface area contributed by atoms with E-state index in [1.807, 2.05) is 0 Å². The van der Waals surface area contributed by atoms with Gasteiger partial charge in [0.05, 0.1) is 0 Å². The summed E-state index contributed by atoms with van der Waals surface area (Å²) >= 11 is 0. The summed E-state index contributed by atoms with van der Waals surface area (Å²) in [6, 6.07) is 0. The smallest absolute Gasteiger partial charge is 0.0163 e. The molecule has 0 aromatic rings. The van der Waals surface area contributed by atoms with Crippen LogP contribution in [0.15, 0.2) is 11.6 Å². The third-order valence-electron chi connectivity index (χ3n) is 2.01. The molecule has 0 bridgehead atoms. The molecule has 0 aliphatic heterocycles. The lowest BCUT2D eigenvalue weighted by Gasteiger charge is -2.27. The fourth-order valence-electron chi connectivity index (χ4n) is 1.09. The number of allylic oxidation sites excluding steroid dienone is 1. The Bertz CT molecular complexity index is 134. The molecule has 0 heterocycles. The Kier molecular flexibility index (Phi) is 1.62. The van der Waals surface area contributed by atoms with Gasteiger partial charge in [-0.1, -0.05) is 11.6 Å². The maximum absolute atomic E-state index is 5.90. The van der Waals surface area contributed by atoms with Crippen LogP contribution in [0.3, 0.4) is 0 Å². The topological polar surface area (TPSA) is 26.0 Å². The lowest BCUT2D eigenvalue weighted by Crippen LogP contribution is -2.36. The van der Waals surface area contributed by atoms with E-state index in [1.165, 1.54) is 12.0 Å². The highest BCUT2D eigenvalue weighted by molar-refractivity contribution is 5.07. The van der Waals surface area contributed by atoms with Gasteiger partial charge in [-0.15, -0.1) is 0 Å². The van der Waals surface area contributed by atoms with E-state index in [0.717, 1.165) is 12.8 Å². The van der Waals surface area contributed by atoms with Crippen molar-refractivity contribution in [3.8, 4) is 0 Å². The molecule has 0 aromatic heterocycles. The summed E-state index contributed by atoms with van der Waals surface area (Å²) in [5, 5.41) is 0. The first kappa shape index (κ1) is 6.81. The molecule has 0 fully saturated rings. The maximum Gasteiger partial charge on any atom is 0.0163 e. The van der Waals surface area contributed by atoms with Crippen molar-refractivity contribution in [2.45, 2.75) is 38.6 Å². The minimum atomic E-state index is 0.0828. The summed E-state index contributed by atoms with van der Waals surface area (Å²) in [7, 11) is 0. The van der Waals surface area contributed by atoms with Crippen molar-refractivity contribution in [3.63, 3.8) is 0 Å². The van der Waals surface area contributed by atoms with Crippen molar-refractivity contribution < 1.29 is 0 Å². The number of hydrogen-bond donors (Lipinski definition) is 1. The van der Waals surface area contributed by atoms with Gasteiger partial charge in [0.2, 0.25) is 0 Å². The van der Waals surface area contributed by atoms with Crippen molar-refractivity contribution in [2.24, 2.45) is 5.73 Å². The number of rotatable bonds is 0. The molecule has 1 aliphatic carbocycles. The molecule has 1 nitrogen and oxygen atoms in total. The van der Waals surface area contributed by atoms with Crippen LogP contribution in [-0.2, 0) is 0 Å². The molecule has 0 amide bonds. The van der Waals surface area contributed by atoms with Crippen molar-refractivity contribution in [3.05, 3.63) is 11.6 Å².